The first-order chi connectivity index (χ1) is 14.6. The van der Waals surface area contributed by atoms with Gasteiger partial charge in [0.25, 0.3) is 0 Å². The van der Waals surface area contributed by atoms with Crippen LogP contribution in [-0.2, 0) is 33.0 Å². The first-order valence-electron chi connectivity index (χ1n) is 11.1. The van der Waals surface area contributed by atoms with E-state index < -0.39 is 0 Å². The Kier molecular flexibility index (Phi) is 9.80. The molecule has 3 rings (SSSR count). The standard InChI is InChI=1S/C23H35N7.HI/c1-6-19-18(21(7-2)29(5)28-19)16-26-23(24-8-3)25-14-11-15-30-17(4)27-20-12-9-10-13-22(20)30;/h9-10,12-13H,6-8,11,14-16H2,1-5H3,(H2,24,25,26);1H. The van der Waals surface area contributed by atoms with Crippen LogP contribution in [0.1, 0.15) is 50.0 Å². The summed E-state index contributed by atoms with van der Waals surface area (Å²) in [4.78, 5) is 9.49. The number of imidazole rings is 1. The minimum atomic E-state index is 0. The van der Waals surface area contributed by atoms with Gasteiger partial charge in [0.15, 0.2) is 5.96 Å². The summed E-state index contributed by atoms with van der Waals surface area (Å²) < 4.78 is 4.29. The summed E-state index contributed by atoms with van der Waals surface area (Å²) in [6.45, 7) is 11.8. The smallest absolute Gasteiger partial charge is 0.191 e. The van der Waals surface area contributed by atoms with Crippen LogP contribution in [0.5, 0.6) is 0 Å². The van der Waals surface area contributed by atoms with Crippen molar-refractivity contribution in [3.05, 3.63) is 47.0 Å². The highest BCUT2D eigenvalue weighted by Gasteiger charge is 2.13. The molecule has 0 amide bonds. The van der Waals surface area contributed by atoms with E-state index in [1.54, 1.807) is 0 Å². The summed E-state index contributed by atoms with van der Waals surface area (Å²) in [6, 6.07) is 8.32. The molecule has 0 radical (unpaired) electrons. The number of nitrogens with one attached hydrogen (secondary N) is 2. The van der Waals surface area contributed by atoms with Crippen LogP contribution >= 0.6 is 24.0 Å². The molecule has 0 fully saturated rings. The van der Waals surface area contributed by atoms with E-state index in [1.807, 2.05) is 17.8 Å². The molecule has 0 aliphatic heterocycles. The predicted molar refractivity (Wildman–Crippen MR) is 139 cm³/mol. The number of aliphatic imine (C=N–C) groups is 1. The highest BCUT2D eigenvalue weighted by atomic mass is 127. The number of rotatable bonds is 9. The van der Waals surface area contributed by atoms with Gasteiger partial charge in [-0.2, -0.15) is 5.10 Å². The van der Waals surface area contributed by atoms with E-state index >= 15 is 0 Å². The summed E-state index contributed by atoms with van der Waals surface area (Å²) in [5.74, 6) is 1.92. The quantitative estimate of drug-likeness (QED) is 0.188. The molecule has 0 bridgehead atoms. The molecule has 2 aromatic heterocycles. The van der Waals surface area contributed by atoms with Crippen LogP contribution in [0.3, 0.4) is 0 Å². The van der Waals surface area contributed by atoms with Crippen molar-refractivity contribution >= 4 is 41.0 Å². The summed E-state index contributed by atoms with van der Waals surface area (Å²) >= 11 is 0. The lowest BCUT2D eigenvalue weighted by molar-refractivity contribution is 0.624. The number of hydrogen-bond acceptors (Lipinski definition) is 3. The zero-order valence-corrected chi connectivity index (χ0v) is 21.7. The average molecular weight is 537 g/mol. The van der Waals surface area contributed by atoms with E-state index in [2.05, 4.69) is 71.2 Å². The Balaban J connectivity index is 0.00000341. The van der Waals surface area contributed by atoms with Crippen molar-refractivity contribution in [2.75, 3.05) is 13.1 Å². The molecule has 0 aliphatic carbocycles. The number of halogens is 1. The van der Waals surface area contributed by atoms with Crippen molar-refractivity contribution in [1.82, 2.24) is 30.0 Å². The number of benzene rings is 1. The number of para-hydroxylation sites is 2. The first-order valence-corrected chi connectivity index (χ1v) is 11.1. The van der Waals surface area contributed by atoms with Crippen LogP contribution < -0.4 is 10.6 Å². The maximum atomic E-state index is 4.84. The topological polar surface area (TPSA) is 72.1 Å². The lowest BCUT2D eigenvalue weighted by Gasteiger charge is -2.12. The average Bonchev–Trinajstić information content (AvgIpc) is 3.24. The second kappa shape index (κ2) is 12.1. The number of hydrogen-bond donors (Lipinski definition) is 2. The van der Waals surface area contributed by atoms with Gasteiger partial charge in [-0.05, 0) is 45.2 Å². The second-order valence-electron chi connectivity index (χ2n) is 7.48. The van der Waals surface area contributed by atoms with Gasteiger partial charge in [0, 0.05) is 37.9 Å². The number of aryl methyl sites for hydroxylation is 4. The third-order valence-electron chi connectivity index (χ3n) is 5.46. The number of aromatic nitrogens is 4. The minimum Gasteiger partial charge on any atom is -0.357 e. The molecule has 2 heterocycles. The maximum absolute atomic E-state index is 4.84. The molecule has 8 heteroatoms. The zero-order chi connectivity index (χ0) is 21.5. The third kappa shape index (κ3) is 5.99. The molecule has 0 saturated carbocycles. The molecule has 170 valence electrons. The van der Waals surface area contributed by atoms with E-state index in [1.165, 1.54) is 16.8 Å². The van der Waals surface area contributed by atoms with Crippen molar-refractivity contribution in [3.63, 3.8) is 0 Å². The highest BCUT2D eigenvalue weighted by Crippen LogP contribution is 2.17. The summed E-state index contributed by atoms with van der Waals surface area (Å²) in [6.07, 6.45) is 2.90. The second-order valence-corrected chi connectivity index (χ2v) is 7.48. The van der Waals surface area contributed by atoms with E-state index in [0.717, 1.165) is 61.9 Å². The Hall–Kier alpha value is -2.10. The summed E-state index contributed by atoms with van der Waals surface area (Å²) in [5, 5.41) is 11.5. The molecule has 7 nitrogen and oxygen atoms in total. The molecule has 31 heavy (non-hydrogen) atoms. The van der Waals surface area contributed by atoms with Gasteiger partial charge in [0.1, 0.15) is 5.82 Å². The maximum Gasteiger partial charge on any atom is 0.191 e. The number of fused-ring (bicyclic) bond motifs is 1. The molecule has 1 aromatic carbocycles. The van der Waals surface area contributed by atoms with E-state index in [0.29, 0.717) is 6.54 Å². The molecular weight excluding hydrogens is 501 g/mol. The van der Waals surface area contributed by atoms with Crippen LogP contribution in [-0.4, -0.2) is 38.4 Å². The third-order valence-corrected chi connectivity index (χ3v) is 5.46. The van der Waals surface area contributed by atoms with Gasteiger partial charge in [0.05, 0.1) is 23.3 Å². The van der Waals surface area contributed by atoms with Crippen molar-refractivity contribution < 1.29 is 0 Å². The van der Waals surface area contributed by atoms with Crippen molar-refractivity contribution in [2.24, 2.45) is 12.0 Å². The molecule has 3 aromatic rings. The molecule has 0 spiro atoms. The van der Waals surface area contributed by atoms with Gasteiger partial charge in [0.2, 0.25) is 0 Å². The van der Waals surface area contributed by atoms with Crippen molar-refractivity contribution in [2.45, 2.75) is 60.0 Å². The Morgan fingerprint density at radius 3 is 2.58 bits per heavy atom. The summed E-state index contributed by atoms with van der Waals surface area (Å²) in [5.41, 5.74) is 5.95. The van der Waals surface area contributed by atoms with Crippen LogP contribution in [0.2, 0.25) is 0 Å². The lowest BCUT2D eigenvalue weighted by atomic mass is 10.1. The number of guanidine groups is 1. The van der Waals surface area contributed by atoms with Crippen LogP contribution in [0.25, 0.3) is 11.0 Å². The molecular formula is C23H36IN7. The van der Waals surface area contributed by atoms with Gasteiger partial charge in [-0.15, -0.1) is 24.0 Å². The molecule has 0 unspecified atom stereocenters. The fourth-order valence-electron chi connectivity index (χ4n) is 3.99. The highest BCUT2D eigenvalue weighted by molar-refractivity contribution is 14.0. The van der Waals surface area contributed by atoms with Crippen molar-refractivity contribution in [3.8, 4) is 0 Å². The fraction of sp³-hybridized carbons (Fsp3) is 0.522. The zero-order valence-electron chi connectivity index (χ0n) is 19.4. The van der Waals surface area contributed by atoms with Gasteiger partial charge in [-0.3, -0.25) is 4.68 Å². The lowest BCUT2D eigenvalue weighted by Crippen LogP contribution is -2.38. The first kappa shape index (κ1) is 25.2. The Bertz CT molecular complexity index is 1000. The molecule has 2 N–H and O–H groups in total. The van der Waals surface area contributed by atoms with Crippen LogP contribution in [0, 0.1) is 6.92 Å². The van der Waals surface area contributed by atoms with Gasteiger partial charge < -0.3 is 15.2 Å². The summed E-state index contributed by atoms with van der Waals surface area (Å²) in [7, 11) is 2.02. The normalized spacial score (nSPS) is 11.6. The Labute approximate surface area is 202 Å². The number of nitrogens with zero attached hydrogens (tertiary/aromatic N) is 5. The van der Waals surface area contributed by atoms with Gasteiger partial charge in [-0.1, -0.05) is 26.0 Å². The van der Waals surface area contributed by atoms with Gasteiger partial charge >= 0.3 is 0 Å². The van der Waals surface area contributed by atoms with E-state index in [-0.39, 0.29) is 24.0 Å². The largest absolute Gasteiger partial charge is 0.357 e. The van der Waals surface area contributed by atoms with E-state index in [9.17, 15) is 0 Å². The minimum absolute atomic E-state index is 0. The predicted octanol–water partition coefficient (Wildman–Crippen LogP) is 3.97. The monoisotopic (exact) mass is 537 g/mol. The molecule has 0 aliphatic rings. The van der Waals surface area contributed by atoms with E-state index in [4.69, 9.17) is 4.99 Å². The van der Waals surface area contributed by atoms with Crippen molar-refractivity contribution in [1.29, 1.82) is 0 Å². The SMILES string of the molecule is CCNC(=NCc1c(CC)nn(C)c1CC)NCCCn1c(C)nc2ccccc21.I. The van der Waals surface area contributed by atoms with Crippen LogP contribution in [0.4, 0.5) is 0 Å². The van der Waals surface area contributed by atoms with Crippen LogP contribution in [0.15, 0.2) is 29.3 Å². The molecule has 0 atom stereocenters. The molecule has 0 saturated heterocycles. The fourth-order valence-corrected chi connectivity index (χ4v) is 3.99. The Morgan fingerprint density at radius 2 is 1.87 bits per heavy atom. The van der Waals surface area contributed by atoms with Gasteiger partial charge in [-0.25, -0.2) is 9.98 Å². The Morgan fingerprint density at radius 1 is 1.10 bits per heavy atom.